The molecule has 1 aliphatic rings. The summed E-state index contributed by atoms with van der Waals surface area (Å²) in [4.78, 5) is 24.0. The average molecular weight is 229 g/mol. The Labute approximate surface area is 95.7 Å². The van der Waals surface area contributed by atoms with E-state index in [1.54, 1.807) is 0 Å². The third kappa shape index (κ3) is 4.18. The minimum absolute atomic E-state index is 0.255. The van der Waals surface area contributed by atoms with Crippen molar-refractivity contribution in [2.45, 2.75) is 26.4 Å². The largest absolute Gasteiger partial charge is 0.444 e. The van der Waals surface area contributed by atoms with Gasteiger partial charge in [-0.15, -0.1) is 0 Å². The highest BCUT2D eigenvalue weighted by molar-refractivity contribution is 5.69. The molecule has 0 radical (unpaired) electrons. The Bertz CT molecular complexity index is 259. The van der Waals surface area contributed by atoms with Gasteiger partial charge >= 0.3 is 6.09 Å². The molecule has 5 nitrogen and oxygen atoms in total. The lowest BCUT2D eigenvalue weighted by atomic mass is 10.2. The van der Waals surface area contributed by atoms with Crippen molar-refractivity contribution in [1.29, 1.82) is 0 Å². The first-order chi connectivity index (χ1) is 7.42. The maximum absolute atomic E-state index is 11.8. The van der Waals surface area contributed by atoms with Crippen LogP contribution in [-0.4, -0.2) is 49.2 Å². The van der Waals surface area contributed by atoms with Gasteiger partial charge in [-0.3, -0.25) is 0 Å². The molecule has 1 heterocycles. The van der Waals surface area contributed by atoms with Gasteiger partial charge in [0.2, 0.25) is 0 Å². The first-order valence-corrected chi connectivity index (χ1v) is 5.43. The van der Waals surface area contributed by atoms with Crippen LogP contribution >= 0.6 is 0 Å². The van der Waals surface area contributed by atoms with Gasteiger partial charge in [0.25, 0.3) is 0 Å². The molecule has 0 aromatic rings. The molecule has 1 fully saturated rings. The molecule has 0 aromatic heterocycles. The van der Waals surface area contributed by atoms with Crippen LogP contribution in [0.2, 0.25) is 0 Å². The van der Waals surface area contributed by atoms with Crippen LogP contribution in [0.15, 0.2) is 0 Å². The van der Waals surface area contributed by atoms with Gasteiger partial charge in [-0.1, -0.05) is 0 Å². The zero-order valence-electron chi connectivity index (χ0n) is 10.1. The summed E-state index contributed by atoms with van der Waals surface area (Å²) < 4.78 is 10.5. The first-order valence-electron chi connectivity index (χ1n) is 5.43. The van der Waals surface area contributed by atoms with E-state index in [9.17, 15) is 9.59 Å². The van der Waals surface area contributed by atoms with Crippen LogP contribution in [-0.2, 0) is 14.3 Å². The highest BCUT2D eigenvalue weighted by atomic mass is 16.6. The van der Waals surface area contributed by atoms with Gasteiger partial charge in [0, 0.05) is 13.1 Å². The number of nitrogens with zero attached hydrogens (tertiary/aromatic N) is 1. The highest BCUT2D eigenvalue weighted by Gasteiger charge is 2.26. The van der Waals surface area contributed by atoms with Crippen molar-refractivity contribution < 1.29 is 19.1 Å². The van der Waals surface area contributed by atoms with E-state index in [-0.39, 0.29) is 12.0 Å². The van der Waals surface area contributed by atoms with E-state index in [0.29, 0.717) is 26.3 Å². The van der Waals surface area contributed by atoms with E-state index < -0.39 is 5.60 Å². The number of ether oxygens (including phenoxy) is 2. The van der Waals surface area contributed by atoms with Gasteiger partial charge < -0.3 is 19.2 Å². The lowest BCUT2D eigenvalue weighted by Gasteiger charge is -2.26. The SMILES string of the molecule is CC(C)(C)OC(=O)N1CCOCC(C=O)C1. The number of rotatable bonds is 1. The van der Waals surface area contributed by atoms with Crippen molar-refractivity contribution in [2.75, 3.05) is 26.3 Å². The van der Waals surface area contributed by atoms with Crippen molar-refractivity contribution in [2.24, 2.45) is 5.92 Å². The third-order valence-electron chi connectivity index (χ3n) is 2.14. The van der Waals surface area contributed by atoms with E-state index in [4.69, 9.17) is 9.47 Å². The minimum Gasteiger partial charge on any atom is -0.444 e. The van der Waals surface area contributed by atoms with Crippen LogP contribution in [0.4, 0.5) is 4.79 Å². The zero-order valence-corrected chi connectivity index (χ0v) is 10.1. The zero-order chi connectivity index (χ0) is 12.2. The lowest BCUT2D eigenvalue weighted by molar-refractivity contribution is -0.112. The fourth-order valence-corrected chi connectivity index (χ4v) is 1.41. The van der Waals surface area contributed by atoms with Crippen molar-refractivity contribution in [1.82, 2.24) is 4.90 Å². The summed E-state index contributed by atoms with van der Waals surface area (Å²) in [7, 11) is 0. The van der Waals surface area contributed by atoms with E-state index in [2.05, 4.69) is 0 Å². The molecule has 0 bridgehead atoms. The van der Waals surface area contributed by atoms with Gasteiger partial charge in [-0.05, 0) is 20.8 Å². The molecule has 0 saturated carbocycles. The Morgan fingerprint density at radius 3 is 2.75 bits per heavy atom. The molecule has 5 heteroatoms. The molecule has 0 spiro atoms. The van der Waals surface area contributed by atoms with E-state index in [1.807, 2.05) is 20.8 Å². The number of carbonyl (C=O) groups excluding carboxylic acids is 2. The number of hydrogen-bond donors (Lipinski definition) is 0. The Balaban J connectivity index is 2.56. The van der Waals surface area contributed by atoms with Crippen LogP contribution in [0.3, 0.4) is 0 Å². The fraction of sp³-hybridized carbons (Fsp3) is 0.818. The van der Waals surface area contributed by atoms with Crippen molar-refractivity contribution in [3.8, 4) is 0 Å². The Morgan fingerprint density at radius 1 is 1.50 bits per heavy atom. The summed E-state index contributed by atoms with van der Waals surface area (Å²) in [6.45, 7) is 7.12. The first kappa shape index (κ1) is 13.0. The van der Waals surface area contributed by atoms with Crippen molar-refractivity contribution in [3.05, 3.63) is 0 Å². The molecule has 92 valence electrons. The fourth-order valence-electron chi connectivity index (χ4n) is 1.41. The smallest absolute Gasteiger partial charge is 0.410 e. The maximum atomic E-state index is 11.8. The van der Waals surface area contributed by atoms with Gasteiger partial charge in [0.15, 0.2) is 0 Å². The summed E-state index contributed by atoms with van der Waals surface area (Å²) in [6, 6.07) is 0. The second-order valence-electron chi connectivity index (χ2n) is 4.90. The average Bonchev–Trinajstić information content (AvgIpc) is 2.39. The van der Waals surface area contributed by atoms with Crippen LogP contribution in [0.1, 0.15) is 20.8 Å². The van der Waals surface area contributed by atoms with Gasteiger partial charge in [0.05, 0.1) is 19.1 Å². The van der Waals surface area contributed by atoms with E-state index in [1.165, 1.54) is 4.90 Å². The summed E-state index contributed by atoms with van der Waals surface area (Å²) in [5, 5.41) is 0. The lowest BCUT2D eigenvalue weighted by Crippen LogP contribution is -2.40. The predicted molar refractivity (Wildman–Crippen MR) is 58.2 cm³/mol. The second-order valence-corrected chi connectivity index (χ2v) is 4.90. The molecule has 1 rings (SSSR count). The summed E-state index contributed by atoms with van der Waals surface area (Å²) in [6.07, 6.45) is 0.438. The maximum Gasteiger partial charge on any atom is 0.410 e. The minimum atomic E-state index is -0.513. The Morgan fingerprint density at radius 2 is 2.19 bits per heavy atom. The predicted octanol–water partition coefficient (Wildman–Crippen LogP) is 1.07. The monoisotopic (exact) mass is 229 g/mol. The topological polar surface area (TPSA) is 55.8 Å². The van der Waals surface area contributed by atoms with Crippen LogP contribution < -0.4 is 0 Å². The Kier molecular flexibility index (Phi) is 4.29. The summed E-state index contributed by atoms with van der Waals surface area (Å²) in [5.41, 5.74) is -0.513. The molecular formula is C11H19NO4. The third-order valence-corrected chi connectivity index (χ3v) is 2.14. The van der Waals surface area contributed by atoms with Crippen LogP contribution in [0.25, 0.3) is 0 Å². The van der Waals surface area contributed by atoms with Gasteiger partial charge in [0.1, 0.15) is 11.9 Å². The normalized spacial score (nSPS) is 22.4. The van der Waals surface area contributed by atoms with Gasteiger partial charge in [-0.2, -0.15) is 0 Å². The highest BCUT2D eigenvalue weighted by Crippen LogP contribution is 2.12. The van der Waals surface area contributed by atoms with Gasteiger partial charge in [-0.25, -0.2) is 4.79 Å². The number of carbonyl (C=O) groups is 2. The molecular weight excluding hydrogens is 210 g/mol. The molecule has 0 N–H and O–H groups in total. The Hall–Kier alpha value is -1.10. The molecule has 1 aliphatic heterocycles. The van der Waals surface area contributed by atoms with Crippen LogP contribution in [0.5, 0.6) is 0 Å². The molecule has 1 amide bonds. The molecule has 0 aliphatic carbocycles. The second kappa shape index (κ2) is 5.30. The number of aldehydes is 1. The standard InChI is InChI=1S/C11H19NO4/c1-11(2,3)16-10(14)12-4-5-15-8-9(6-12)7-13/h7,9H,4-6,8H2,1-3H3. The number of amides is 1. The molecule has 1 atom stereocenters. The molecule has 1 unspecified atom stereocenters. The van der Waals surface area contributed by atoms with Crippen LogP contribution in [0, 0.1) is 5.92 Å². The van der Waals surface area contributed by atoms with E-state index >= 15 is 0 Å². The van der Waals surface area contributed by atoms with Crippen molar-refractivity contribution >= 4 is 12.4 Å². The molecule has 1 saturated heterocycles. The quantitative estimate of drug-likeness (QED) is 0.631. The number of hydrogen-bond acceptors (Lipinski definition) is 4. The van der Waals surface area contributed by atoms with E-state index in [0.717, 1.165) is 6.29 Å². The van der Waals surface area contributed by atoms with Crippen molar-refractivity contribution in [3.63, 3.8) is 0 Å². The molecule has 16 heavy (non-hydrogen) atoms. The summed E-state index contributed by atoms with van der Waals surface area (Å²) in [5.74, 6) is -0.255. The molecule has 0 aromatic carbocycles. The summed E-state index contributed by atoms with van der Waals surface area (Å²) >= 11 is 0.